The van der Waals surface area contributed by atoms with Crippen LogP contribution < -0.4 is 5.32 Å². The summed E-state index contributed by atoms with van der Waals surface area (Å²) in [5, 5.41) is 21.2. The quantitative estimate of drug-likeness (QED) is 0.756. The van der Waals surface area contributed by atoms with Crippen molar-refractivity contribution in [2.45, 2.75) is 12.2 Å². The van der Waals surface area contributed by atoms with Crippen molar-refractivity contribution in [2.75, 3.05) is 25.0 Å². The molecular weight excluding hydrogens is 319 g/mol. The molecule has 0 bridgehead atoms. The standard InChI is InChI=1S/C12H14BrFN2O3/c13-7-1-2-9(8(14)3-7)15-12(19)6-16-4-10(17)11(18)5-16/h1-3,10-11,17-18H,4-6H2,(H,15,19). The number of carbonyl (C=O) groups excluding carboxylic acids is 1. The van der Waals surface area contributed by atoms with E-state index in [9.17, 15) is 19.4 Å². The van der Waals surface area contributed by atoms with Crippen LogP contribution in [0.4, 0.5) is 10.1 Å². The van der Waals surface area contributed by atoms with E-state index < -0.39 is 18.0 Å². The molecule has 1 aliphatic rings. The summed E-state index contributed by atoms with van der Waals surface area (Å²) in [5.74, 6) is -0.910. The van der Waals surface area contributed by atoms with Crippen LogP contribution in [0.3, 0.4) is 0 Å². The first-order valence-electron chi connectivity index (χ1n) is 5.79. The molecule has 1 amide bonds. The maximum atomic E-state index is 13.5. The predicted octanol–water partition coefficient (Wildman–Crippen LogP) is 0.564. The number of hydrogen-bond donors (Lipinski definition) is 3. The van der Waals surface area contributed by atoms with Gasteiger partial charge in [0.15, 0.2) is 0 Å². The van der Waals surface area contributed by atoms with E-state index in [-0.39, 0.29) is 31.2 Å². The molecule has 0 saturated carbocycles. The summed E-state index contributed by atoms with van der Waals surface area (Å²) in [6, 6.07) is 4.35. The Kier molecular flexibility index (Phi) is 4.51. The van der Waals surface area contributed by atoms with E-state index in [2.05, 4.69) is 21.2 Å². The van der Waals surface area contributed by atoms with Gasteiger partial charge in [-0.3, -0.25) is 9.69 Å². The van der Waals surface area contributed by atoms with Gasteiger partial charge in [0.05, 0.1) is 24.4 Å². The van der Waals surface area contributed by atoms with Gasteiger partial charge in [0, 0.05) is 17.6 Å². The molecule has 0 spiro atoms. The van der Waals surface area contributed by atoms with Crippen LogP contribution in [0, 0.1) is 5.82 Å². The number of rotatable bonds is 3. The van der Waals surface area contributed by atoms with Crippen molar-refractivity contribution in [3.8, 4) is 0 Å². The first-order chi connectivity index (χ1) is 8.95. The summed E-state index contributed by atoms with van der Waals surface area (Å²) in [7, 11) is 0. The van der Waals surface area contributed by atoms with E-state index in [1.165, 1.54) is 12.1 Å². The largest absolute Gasteiger partial charge is 0.389 e. The third-order valence-corrected chi connectivity index (χ3v) is 3.40. The third-order valence-electron chi connectivity index (χ3n) is 2.91. The maximum absolute atomic E-state index is 13.5. The fraction of sp³-hybridized carbons (Fsp3) is 0.417. The number of nitrogens with one attached hydrogen (secondary N) is 1. The van der Waals surface area contributed by atoms with Crippen LogP contribution in [-0.4, -0.2) is 52.9 Å². The highest BCUT2D eigenvalue weighted by molar-refractivity contribution is 9.10. The van der Waals surface area contributed by atoms with Gasteiger partial charge in [-0.25, -0.2) is 4.39 Å². The Morgan fingerprint density at radius 2 is 2.05 bits per heavy atom. The molecule has 19 heavy (non-hydrogen) atoms. The lowest BCUT2D eigenvalue weighted by atomic mass is 10.3. The Hall–Kier alpha value is -1.02. The number of hydrogen-bond acceptors (Lipinski definition) is 4. The summed E-state index contributed by atoms with van der Waals surface area (Å²) in [6.45, 7) is 0.471. The van der Waals surface area contributed by atoms with Crippen LogP contribution in [-0.2, 0) is 4.79 Å². The van der Waals surface area contributed by atoms with Crippen LogP contribution in [0.5, 0.6) is 0 Å². The second kappa shape index (κ2) is 5.96. The van der Waals surface area contributed by atoms with Crippen molar-refractivity contribution >= 4 is 27.5 Å². The minimum absolute atomic E-state index is 0.00360. The summed E-state index contributed by atoms with van der Waals surface area (Å²) >= 11 is 3.13. The van der Waals surface area contributed by atoms with Crippen molar-refractivity contribution in [1.82, 2.24) is 4.90 Å². The van der Waals surface area contributed by atoms with Gasteiger partial charge in [-0.15, -0.1) is 0 Å². The molecule has 1 fully saturated rings. The number of anilines is 1. The Bertz CT molecular complexity index is 476. The summed E-state index contributed by atoms with van der Waals surface area (Å²) in [5.41, 5.74) is 0.105. The maximum Gasteiger partial charge on any atom is 0.238 e. The van der Waals surface area contributed by atoms with E-state index in [1.807, 2.05) is 0 Å². The van der Waals surface area contributed by atoms with E-state index in [0.29, 0.717) is 4.47 Å². The molecule has 2 atom stereocenters. The van der Waals surface area contributed by atoms with Crippen LogP contribution in [0.15, 0.2) is 22.7 Å². The van der Waals surface area contributed by atoms with E-state index in [0.717, 1.165) is 0 Å². The average Bonchev–Trinajstić information content (AvgIpc) is 2.62. The Morgan fingerprint density at radius 1 is 1.42 bits per heavy atom. The van der Waals surface area contributed by atoms with Gasteiger partial charge < -0.3 is 15.5 Å². The Labute approximate surface area is 118 Å². The molecule has 1 aliphatic heterocycles. The molecule has 3 N–H and O–H groups in total. The fourth-order valence-electron chi connectivity index (χ4n) is 1.96. The molecule has 1 aromatic rings. The van der Waals surface area contributed by atoms with Crippen LogP contribution in [0.1, 0.15) is 0 Å². The number of aliphatic hydroxyl groups is 2. The van der Waals surface area contributed by atoms with Gasteiger partial charge in [0.25, 0.3) is 0 Å². The number of benzene rings is 1. The Morgan fingerprint density at radius 3 is 2.63 bits per heavy atom. The minimum atomic E-state index is -0.836. The molecule has 0 aliphatic carbocycles. The Balaban J connectivity index is 1.91. The molecular formula is C12H14BrFN2O3. The van der Waals surface area contributed by atoms with Crippen LogP contribution in [0.2, 0.25) is 0 Å². The SMILES string of the molecule is O=C(CN1CC(O)C(O)C1)Nc1ccc(Br)cc1F. The number of nitrogens with zero attached hydrogens (tertiary/aromatic N) is 1. The van der Waals surface area contributed by atoms with Gasteiger partial charge in [-0.2, -0.15) is 0 Å². The average molecular weight is 333 g/mol. The molecule has 104 valence electrons. The van der Waals surface area contributed by atoms with Gasteiger partial charge in [0.2, 0.25) is 5.91 Å². The molecule has 1 saturated heterocycles. The fourth-order valence-corrected chi connectivity index (χ4v) is 2.29. The minimum Gasteiger partial charge on any atom is -0.389 e. The van der Waals surface area contributed by atoms with Crippen molar-refractivity contribution in [1.29, 1.82) is 0 Å². The van der Waals surface area contributed by atoms with Gasteiger partial charge in [-0.1, -0.05) is 15.9 Å². The number of likely N-dealkylation sites (tertiary alicyclic amines) is 1. The first kappa shape index (κ1) is 14.4. The second-order valence-corrected chi connectivity index (χ2v) is 5.42. The smallest absolute Gasteiger partial charge is 0.238 e. The molecule has 2 unspecified atom stereocenters. The predicted molar refractivity (Wildman–Crippen MR) is 71.2 cm³/mol. The number of aliphatic hydroxyl groups excluding tert-OH is 2. The number of β-amino-alcohol motifs (C(OH)–C–C–N with tert-alkyl or cyclic N) is 2. The van der Waals surface area contributed by atoms with E-state index in [4.69, 9.17) is 0 Å². The lowest BCUT2D eigenvalue weighted by Gasteiger charge is -2.14. The highest BCUT2D eigenvalue weighted by Crippen LogP contribution is 2.19. The molecule has 1 heterocycles. The van der Waals surface area contributed by atoms with Crippen molar-refractivity contribution in [2.24, 2.45) is 0 Å². The zero-order valence-corrected chi connectivity index (χ0v) is 11.6. The first-order valence-corrected chi connectivity index (χ1v) is 6.58. The lowest BCUT2D eigenvalue weighted by Crippen LogP contribution is -2.32. The number of halogens is 2. The molecule has 0 radical (unpaired) electrons. The molecule has 2 rings (SSSR count). The van der Waals surface area contributed by atoms with E-state index in [1.54, 1.807) is 11.0 Å². The monoisotopic (exact) mass is 332 g/mol. The zero-order chi connectivity index (χ0) is 14.0. The third kappa shape index (κ3) is 3.73. The normalized spacial score (nSPS) is 23.6. The van der Waals surface area contributed by atoms with Crippen molar-refractivity contribution in [3.05, 3.63) is 28.5 Å². The van der Waals surface area contributed by atoms with Crippen molar-refractivity contribution in [3.63, 3.8) is 0 Å². The van der Waals surface area contributed by atoms with E-state index >= 15 is 0 Å². The highest BCUT2D eigenvalue weighted by Gasteiger charge is 2.30. The highest BCUT2D eigenvalue weighted by atomic mass is 79.9. The molecule has 5 nitrogen and oxygen atoms in total. The second-order valence-electron chi connectivity index (χ2n) is 4.50. The molecule has 1 aromatic carbocycles. The van der Waals surface area contributed by atoms with Gasteiger partial charge in [0.1, 0.15) is 5.82 Å². The summed E-state index contributed by atoms with van der Waals surface area (Å²) in [4.78, 5) is 13.3. The number of amides is 1. The summed E-state index contributed by atoms with van der Waals surface area (Å²) in [6.07, 6.45) is -1.67. The molecule has 0 aromatic heterocycles. The van der Waals surface area contributed by atoms with Crippen LogP contribution in [0.25, 0.3) is 0 Å². The van der Waals surface area contributed by atoms with Gasteiger partial charge >= 0.3 is 0 Å². The zero-order valence-electron chi connectivity index (χ0n) is 10.0. The van der Waals surface area contributed by atoms with Crippen molar-refractivity contribution < 1.29 is 19.4 Å². The van der Waals surface area contributed by atoms with Gasteiger partial charge in [-0.05, 0) is 18.2 Å². The number of carbonyl (C=O) groups is 1. The topological polar surface area (TPSA) is 72.8 Å². The summed E-state index contributed by atoms with van der Waals surface area (Å²) < 4.78 is 14.1. The molecule has 7 heteroatoms. The lowest BCUT2D eigenvalue weighted by molar-refractivity contribution is -0.117. The van der Waals surface area contributed by atoms with Crippen LogP contribution >= 0.6 is 15.9 Å².